The van der Waals surface area contributed by atoms with Gasteiger partial charge in [-0.15, -0.1) is 0 Å². The van der Waals surface area contributed by atoms with E-state index in [1.54, 1.807) is 53.4 Å². The number of amides is 2. The van der Waals surface area contributed by atoms with Crippen LogP contribution in [0.15, 0.2) is 54.7 Å². The van der Waals surface area contributed by atoms with Gasteiger partial charge in [0.15, 0.2) is 11.3 Å². The summed E-state index contributed by atoms with van der Waals surface area (Å²) in [5.74, 6) is -0.539. The number of fused-ring (bicyclic) bond motifs is 1. The number of aromatic nitrogens is 3. The number of alkyl halides is 3. The molecule has 1 fully saturated rings. The number of primary amides is 1. The zero-order valence-corrected chi connectivity index (χ0v) is 23.8. The van der Waals surface area contributed by atoms with E-state index in [4.69, 9.17) is 10.5 Å². The third-order valence-electron chi connectivity index (χ3n) is 7.84. The van der Waals surface area contributed by atoms with Crippen LogP contribution in [0.2, 0.25) is 0 Å². The predicted octanol–water partition coefficient (Wildman–Crippen LogP) is 3.71. The Balaban J connectivity index is 1.47. The monoisotopic (exact) mass is 596 g/mol. The SMILES string of the molecule is COc1ccc(-c2nc3c(C(=O)N4CCN([C@H](CO)c5cccc(C(N)=O)c5)C[C@H]4C)cnn3c(C(F)(F)F)c2C)cc1. The van der Waals surface area contributed by atoms with E-state index in [1.807, 2.05) is 11.8 Å². The van der Waals surface area contributed by atoms with Crippen LogP contribution in [0.5, 0.6) is 5.75 Å². The molecule has 2 amide bonds. The smallest absolute Gasteiger partial charge is 0.433 e. The number of nitrogens with zero attached hydrogens (tertiary/aromatic N) is 5. The van der Waals surface area contributed by atoms with E-state index in [1.165, 1.54) is 14.0 Å². The number of hydrogen-bond acceptors (Lipinski definition) is 7. The van der Waals surface area contributed by atoms with Crippen LogP contribution < -0.4 is 10.5 Å². The molecule has 13 heteroatoms. The Bertz CT molecular complexity index is 1670. The van der Waals surface area contributed by atoms with Gasteiger partial charge < -0.3 is 20.5 Å². The highest BCUT2D eigenvalue weighted by Gasteiger charge is 2.39. The Kier molecular flexibility index (Phi) is 8.12. The van der Waals surface area contributed by atoms with Crippen LogP contribution in [-0.2, 0) is 6.18 Å². The summed E-state index contributed by atoms with van der Waals surface area (Å²) >= 11 is 0. The minimum Gasteiger partial charge on any atom is -0.497 e. The van der Waals surface area contributed by atoms with Crippen molar-refractivity contribution in [1.82, 2.24) is 24.4 Å². The van der Waals surface area contributed by atoms with Crippen LogP contribution in [-0.4, -0.2) is 80.7 Å². The average molecular weight is 597 g/mol. The topological polar surface area (TPSA) is 126 Å². The zero-order chi connectivity index (χ0) is 31.1. The molecule has 4 aromatic rings. The van der Waals surface area contributed by atoms with Crippen molar-refractivity contribution in [3.8, 4) is 17.0 Å². The standard InChI is InChI=1S/C30H31F3N6O4/c1-17-15-37(24(16-40)20-5-4-6-21(13-20)27(34)41)11-12-38(17)29(42)23-14-35-39-26(30(31,32)33)18(2)25(36-28(23)39)19-7-9-22(43-3)10-8-19/h4-10,13-14,17,24,40H,11-12,15-16H2,1-3H3,(H2,34,41)/t17-,24-/m1/s1. The molecule has 0 bridgehead atoms. The minimum atomic E-state index is -4.76. The van der Waals surface area contributed by atoms with Crippen molar-refractivity contribution in [3.05, 3.63) is 82.7 Å². The van der Waals surface area contributed by atoms with Gasteiger partial charge in [-0.25, -0.2) is 9.50 Å². The van der Waals surface area contributed by atoms with E-state index in [-0.39, 0.29) is 41.7 Å². The second kappa shape index (κ2) is 11.7. The normalized spacial score (nSPS) is 16.8. The van der Waals surface area contributed by atoms with Crippen LogP contribution in [0.3, 0.4) is 0 Å². The summed E-state index contributed by atoms with van der Waals surface area (Å²) in [5, 5.41) is 14.2. The maximum atomic E-state index is 14.3. The Labute approximate surface area is 245 Å². The molecule has 10 nitrogen and oxygen atoms in total. The Morgan fingerprint density at radius 3 is 2.49 bits per heavy atom. The fourth-order valence-electron chi connectivity index (χ4n) is 5.64. The van der Waals surface area contributed by atoms with Crippen LogP contribution >= 0.6 is 0 Å². The van der Waals surface area contributed by atoms with Crippen molar-refractivity contribution in [3.63, 3.8) is 0 Å². The number of carbonyl (C=O) groups is 2. The van der Waals surface area contributed by atoms with Gasteiger partial charge in [-0.2, -0.15) is 18.3 Å². The number of rotatable bonds is 7. The van der Waals surface area contributed by atoms with Gasteiger partial charge in [0.25, 0.3) is 5.91 Å². The van der Waals surface area contributed by atoms with Crippen molar-refractivity contribution in [2.75, 3.05) is 33.4 Å². The molecule has 3 N–H and O–H groups in total. The number of piperazine rings is 1. The van der Waals surface area contributed by atoms with Crippen molar-refractivity contribution in [1.29, 1.82) is 0 Å². The number of methoxy groups -OCH3 is 1. The lowest BCUT2D eigenvalue weighted by atomic mass is 10.0. The first-order chi connectivity index (χ1) is 20.4. The van der Waals surface area contributed by atoms with Gasteiger partial charge in [0.2, 0.25) is 5.91 Å². The molecule has 43 heavy (non-hydrogen) atoms. The van der Waals surface area contributed by atoms with Crippen LogP contribution in [0, 0.1) is 6.92 Å². The zero-order valence-electron chi connectivity index (χ0n) is 23.8. The molecule has 0 radical (unpaired) electrons. The molecule has 0 spiro atoms. The molecule has 1 aliphatic rings. The molecule has 0 saturated carbocycles. The van der Waals surface area contributed by atoms with Gasteiger partial charge in [-0.05, 0) is 55.8 Å². The molecule has 3 heterocycles. The molecule has 226 valence electrons. The Morgan fingerprint density at radius 1 is 1.16 bits per heavy atom. The number of hydrogen-bond donors (Lipinski definition) is 2. The first kappa shape index (κ1) is 30.0. The van der Waals surface area contributed by atoms with Gasteiger partial charge >= 0.3 is 6.18 Å². The highest BCUT2D eigenvalue weighted by molar-refractivity contribution is 6.00. The fourth-order valence-corrected chi connectivity index (χ4v) is 5.64. The third-order valence-corrected chi connectivity index (χ3v) is 7.84. The van der Waals surface area contributed by atoms with Crippen LogP contribution in [0.4, 0.5) is 13.2 Å². The van der Waals surface area contributed by atoms with Gasteiger partial charge in [-0.1, -0.05) is 12.1 Å². The molecule has 0 aliphatic carbocycles. The van der Waals surface area contributed by atoms with E-state index in [0.717, 1.165) is 6.20 Å². The maximum absolute atomic E-state index is 14.3. The molecular formula is C30H31F3N6O4. The van der Waals surface area contributed by atoms with Gasteiger partial charge in [0.1, 0.15) is 11.3 Å². The Hall–Kier alpha value is -4.49. The molecule has 2 atom stereocenters. The summed E-state index contributed by atoms with van der Waals surface area (Å²) < 4.78 is 48.8. The van der Waals surface area contributed by atoms with E-state index in [9.17, 15) is 27.9 Å². The van der Waals surface area contributed by atoms with Crippen LogP contribution in [0.1, 0.15) is 50.5 Å². The summed E-state index contributed by atoms with van der Waals surface area (Å²) in [5.41, 5.74) is 5.59. The van der Waals surface area contributed by atoms with Gasteiger partial charge in [-0.3, -0.25) is 14.5 Å². The number of aliphatic hydroxyl groups excluding tert-OH is 1. The molecule has 2 aromatic carbocycles. The quantitative estimate of drug-likeness (QED) is 0.333. The van der Waals surface area contributed by atoms with E-state index in [0.29, 0.717) is 40.0 Å². The van der Waals surface area contributed by atoms with E-state index < -0.39 is 29.7 Å². The Morgan fingerprint density at radius 2 is 1.88 bits per heavy atom. The number of nitrogens with two attached hydrogens (primary N) is 1. The number of ether oxygens (including phenoxy) is 1. The second-order valence-corrected chi connectivity index (χ2v) is 10.5. The van der Waals surface area contributed by atoms with E-state index >= 15 is 0 Å². The van der Waals surface area contributed by atoms with E-state index in [2.05, 4.69) is 10.1 Å². The van der Waals surface area contributed by atoms with Crippen molar-refractivity contribution < 1.29 is 32.6 Å². The first-order valence-corrected chi connectivity index (χ1v) is 13.6. The van der Waals surface area contributed by atoms with Crippen LogP contribution in [0.25, 0.3) is 16.9 Å². The lowest BCUT2D eigenvalue weighted by Crippen LogP contribution is -2.55. The minimum absolute atomic E-state index is 0.0478. The number of halogens is 3. The summed E-state index contributed by atoms with van der Waals surface area (Å²) in [6.07, 6.45) is -3.63. The molecule has 1 saturated heterocycles. The highest BCUT2D eigenvalue weighted by atomic mass is 19.4. The lowest BCUT2D eigenvalue weighted by molar-refractivity contribution is -0.143. The highest BCUT2D eigenvalue weighted by Crippen LogP contribution is 2.37. The number of carbonyl (C=O) groups excluding carboxylic acids is 2. The summed E-state index contributed by atoms with van der Waals surface area (Å²) in [6.45, 7) is 3.91. The molecular weight excluding hydrogens is 565 g/mol. The van der Waals surface area contributed by atoms with Gasteiger partial charge in [0, 0.05) is 42.4 Å². The summed E-state index contributed by atoms with van der Waals surface area (Å²) in [7, 11) is 1.49. The molecule has 1 aliphatic heterocycles. The van der Waals surface area contributed by atoms with Gasteiger partial charge in [0.05, 0.1) is 31.6 Å². The largest absolute Gasteiger partial charge is 0.497 e. The van der Waals surface area contributed by atoms with Crippen molar-refractivity contribution >= 4 is 17.5 Å². The van der Waals surface area contributed by atoms with Crippen molar-refractivity contribution in [2.45, 2.75) is 32.1 Å². The fraction of sp³-hybridized carbons (Fsp3) is 0.333. The summed E-state index contributed by atoms with van der Waals surface area (Å²) in [6, 6.07) is 12.4. The average Bonchev–Trinajstić information content (AvgIpc) is 3.39. The van der Waals surface area contributed by atoms with Crippen molar-refractivity contribution in [2.24, 2.45) is 5.73 Å². The molecule has 5 rings (SSSR count). The number of aliphatic hydroxyl groups is 1. The lowest BCUT2D eigenvalue weighted by Gasteiger charge is -2.43. The molecule has 2 aromatic heterocycles. The second-order valence-electron chi connectivity index (χ2n) is 10.5. The number of benzene rings is 2. The first-order valence-electron chi connectivity index (χ1n) is 13.6. The predicted molar refractivity (Wildman–Crippen MR) is 152 cm³/mol. The maximum Gasteiger partial charge on any atom is 0.433 e. The molecule has 0 unspecified atom stereocenters. The summed E-state index contributed by atoms with van der Waals surface area (Å²) in [4.78, 5) is 33.6. The third kappa shape index (κ3) is 5.65.